The van der Waals surface area contributed by atoms with E-state index >= 15 is 0 Å². The molecule has 0 spiro atoms. The Bertz CT molecular complexity index is 797. The third kappa shape index (κ3) is 3.14. The highest BCUT2D eigenvalue weighted by Gasteiger charge is 2.51. The molecule has 2 aromatic rings. The second kappa shape index (κ2) is 6.20. The summed E-state index contributed by atoms with van der Waals surface area (Å²) in [5.41, 5.74) is -0.140. The molecule has 0 saturated carbocycles. The molecule has 0 bridgehead atoms. The highest BCUT2D eigenvalue weighted by atomic mass is 19.3. The molecule has 2 N–H and O–H groups in total. The zero-order valence-electron chi connectivity index (χ0n) is 13.1. The number of ether oxygens (including phenoxy) is 1. The summed E-state index contributed by atoms with van der Waals surface area (Å²) in [7, 11) is 0. The summed E-state index contributed by atoms with van der Waals surface area (Å²) in [6.07, 6.45) is -7.81. The summed E-state index contributed by atoms with van der Waals surface area (Å²) in [6, 6.07) is 7.39. The fourth-order valence-electron chi connectivity index (χ4n) is 2.79. The van der Waals surface area contributed by atoms with Crippen LogP contribution in [0.2, 0.25) is 0 Å². The van der Waals surface area contributed by atoms with E-state index in [1.165, 1.54) is 25.1 Å². The molecule has 1 aliphatic rings. The van der Waals surface area contributed by atoms with Crippen molar-refractivity contribution in [2.24, 2.45) is 0 Å². The highest BCUT2D eigenvalue weighted by Crippen LogP contribution is 2.46. The fraction of sp³-hybridized carbons (Fsp3) is 0.294. The Hall–Kier alpha value is -2.32. The Morgan fingerprint density at radius 1 is 1.24 bits per heavy atom. The van der Waals surface area contributed by atoms with Crippen LogP contribution in [0, 0.1) is 11.6 Å². The number of hydrogen-bond donors (Lipinski definition) is 2. The predicted molar refractivity (Wildman–Crippen MR) is 81.2 cm³/mol. The molecule has 0 radical (unpaired) electrons. The molecule has 0 amide bonds. The lowest BCUT2D eigenvalue weighted by Gasteiger charge is -2.40. The third-order valence-corrected chi connectivity index (χ3v) is 3.93. The van der Waals surface area contributed by atoms with Crippen LogP contribution in [0.4, 0.5) is 23.2 Å². The van der Waals surface area contributed by atoms with Gasteiger partial charge in [-0.05, 0) is 36.8 Å². The Balaban J connectivity index is 2.11. The van der Waals surface area contributed by atoms with E-state index in [0.29, 0.717) is 5.56 Å². The van der Waals surface area contributed by atoms with Gasteiger partial charge in [0.05, 0.1) is 17.4 Å². The molecule has 8 heteroatoms. The van der Waals surface area contributed by atoms with E-state index in [9.17, 15) is 27.8 Å². The first-order chi connectivity index (χ1) is 11.7. The van der Waals surface area contributed by atoms with Crippen molar-refractivity contribution < 1.29 is 32.5 Å². The maximum absolute atomic E-state index is 14.1. The van der Waals surface area contributed by atoms with E-state index in [0.717, 1.165) is 23.1 Å². The Morgan fingerprint density at radius 3 is 2.60 bits per heavy atom. The van der Waals surface area contributed by atoms with E-state index in [1.807, 2.05) is 0 Å². The van der Waals surface area contributed by atoms with Crippen LogP contribution in [-0.2, 0) is 6.54 Å². The van der Waals surface area contributed by atoms with E-state index in [-0.39, 0.29) is 12.2 Å². The Morgan fingerprint density at radius 2 is 1.96 bits per heavy atom. The van der Waals surface area contributed by atoms with Gasteiger partial charge < -0.3 is 19.8 Å². The lowest BCUT2D eigenvalue weighted by molar-refractivity contribution is -0.246. The normalized spacial score (nSPS) is 20.0. The highest BCUT2D eigenvalue weighted by molar-refractivity contribution is 5.65. The molecule has 0 fully saturated rings. The van der Waals surface area contributed by atoms with E-state index in [2.05, 4.69) is 4.74 Å². The second-order valence-corrected chi connectivity index (χ2v) is 5.78. The fourth-order valence-corrected chi connectivity index (χ4v) is 2.79. The van der Waals surface area contributed by atoms with Gasteiger partial charge in [-0.25, -0.2) is 8.78 Å². The topological polar surface area (TPSA) is 52.9 Å². The zero-order chi connectivity index (χ0) is 18.4. The van der Waals surface area contributed by atoms with E-state index in [4.69, 9.17) is 0 Å². The first-order valence-corrected chi connectivity index (χ1v) is 7.47. The average molecular weight is 357 g/mol. The molecular formula is C17H15F4NO3. The number of anilines is 1. The molecule has 2 atom stereocenters. The SMILES string of the molecule is CC(O)c1c(F)ccc2c1OC(F)(F)C(O)N2Cc1cccc(F)c1. The quantitative estimate of drug-likeness (QED) is 0.828. The van der Waals surface area contributed by atoms with Crippen molar-refractivity contribution in [2.45, 2.75) is 31.9 Å². The van der Waals surface area contributed by atoms with Gasteiger partial charge in [0.25, 0.3) is 0 Å². The van der Waals surface area contributed by atoms with Crippen molar-refractivity contribution in [1.29, 1.82) is 0 Å². The van der Waals surface area contributed by atoms with Crippen LogP contribution in [0.5, 0.6) is 5.75 Å². The van der Waals surface area contributed by atoms with Crippen LogP contribution >= 0.6 is 0 Å². The molecule has 134 valence electrons. The minimum absolute atomic E-state index is 0.0278. The number of nitrogens with zero attached hydrogens (tertiary/aromatic N) is 1. The molecule has 4 nitrogen and oxygen atoms in total. The van der Waals surface area contributed by atoms with Crippen LogP contribution in [0.3, 0.4) is 0 Å². The minimum Gasteiger partial charge on any atom is -0.426 e. The lowest BCUT2D eigenvalue weighted by Crippen LogP contribution is -2.54. The molecule has 0 saturated heterocycles. The number of aliphatic hydroxyl groups excluding tert-OH is 2. The van der Waals surface area contributed by atoms with Crippen molar-refractivity contribution >= 4 is 5.69 Å². The van der Waals surface area contributed by atoms with Crippen LogP contribution in [-0.4, -0.2) is 22.5 Å². The van der Waals surface area contributed by atoms with Crippen LogP contribution in [0.1, 0.15) is 24.2 Å². The van der Waals surface area contributed by atoms with Crippen molar-refractivity contribution in [2.75, 3.05) is 4.90 Å². The van der Waals surface area contributed by atoms with Gasteiger partial charge in [-0.2, -0.15) is 8.78 Å². The van der Waals surface area contributed by atoms with Gasteiger partial charge in [-0.1, -0.05) is 12.1 Å². The van der Waals surface area contributed by atoms with Crippen LogP contribution < -0.4 is 9.64 Å². The van der Waals surface area contributed by atoms with Gasteiger partial charge in [-0.3, -0.25) is 0 Å². The van der Waals surface area contributed by atoms with Crippen molar-refractivity contribution in [3.05, 3.63) is 59.2 Å². The van der Waals surface area contributed by atoms with Crippen molar-refractivity contribution in [3.63, 3.8) is 0 Å². The molecular weight excluding hydrogens is 342 g/mol. The first-order valence-electron chi connectivity index (χ1n) is 7.47. The predicted octanol–water partition coefficient (Wildman–Crippen LogP) is 3.33. The first kappa shape index (κ1) is 17.5. The summed E-state index contributed by atoms with van der Waals surface area (Å²) in [4.78, 5) is 0.874. The summed E-state index contributed by atoms with van der Waals surface area (Å²) < 4.78 is 60.0. The van der Waals surface area contributed by atoms with Gasteiger partial charge >= 0.3 is 6.11 Å². The standard InChI is InChI=1S/C17H15F4NO3/c1-9(23)14-12(19)5-6-13-15(14)25-17(20,21)16(24)22(13)8-10-3-2-4-11(18)7-10/h2-7,9,16,23-24H,8H2,1H3. The zero-order valence-corrected chi connectivity index (χ0v) is 13.1. The average Bonchev–Trinajstić information content (AvgIpc) is 2.51. The van der Waals surface area contributed by atoms with Gasteiger partial charge in [0.2, 0.25) is 6.23 Å². The van der Waals surface area contributed by atoms with Gasteiger partial charge in [0.15, 0.2) is 5.75 Å². The van der Waals surface area contributed by atoms with Gasteiger partial charge in [0, 0.05) is 6.54 Å². The Kier molecular flexibility index (Phi) is 4.34. The number of rotatable bonds is 3. The molecule has 1 heterocycles. The minimum atomic E-state index is -4.04. The van der Waals surface area contributed by atoms with Gasteiger partial charge in [0.1, 0.15) is 11.6 Å². The summed E-state index contributed by atoms with van der Waals surface area (Å²) in [5.74, 6) is -2.02. The monoisotopic (exact) mass is 357 g/mol. The summed E-state index contributed by atoms with van der Waals surface area (Å²) in [6.45, 7) is 0.942. The lowest BCUT2D eigenvalue weighted by atomic mass is 10.0. The molecule has 0 aromatic heterocycles. The van der Waals surface area contributed by atoms with E-state index < -0.39 is 41.4 Å². The number of benzene rings is 2. The largest absolute Gasteiger partial charge is 0.444 e. The molecule has 3 rings (SSSR count). The van der Waals surface area contributed by atoms with Crippen LogP contribution in [0.25, 0.3) is 0 Å². The number of halogens is 4. The summed E-state index contributed by atoms with van der Waals surface area (Å²) >= 11 is 0. The summed E-state index contributed by atoms with van der Waals surface area (Å²) in [5, 5.41) is 19.7. The molecule has 2 aromatic carbocycles. The van der Waals surface area contributed by atoms with E-state index in [1.54, 1.807) is 0 Å². The molecule has 25 heavy (non-hydrogen) atoms. The maximum Gasteiger partial charge on any atom is 0.444 e. The number of alkyl halides is 2. The smallest absolute Gasteiger partial charge is 0.426 e. The second-order valence-electron chi connectivity index (χ2n) is 5.78. The van der Waals surface area contributed by atoms with Crippen LogP contribution in [0.15, 0.2) is 36.4 Å². The number of hydrogen-bond acceptors (Lipinski definition) is 4. The maximum atomic E-state index is 14.1. The molecule has 2 unspecified atom stereocenters. The van der Waals surface area contributed by atoms with Crippen molar-refractivity contribution in [3.8, 4) is 5.75 Å². The van der Waals surface area contributed by atoms with Gasteiger partial charge in [-0.15, -0.1) is 0 Å². The Labute approximate surface area is 140 Å². The number of fused-ring (bicyclic) bond motifs is 1. The molecule has 1 aliphatic heterocycles. The van der Waals surface area contributed by atoms with Crippen molar-refractivity contribution in [1.82, 2.24) is 0 Å². The third-order valence-electron chi connectivity index (χ3n) is 3.93. The molecule has 0 aliphatic carbocycles. The number of aliphatic hydroxyl groups is 2.